The fourth-order valence-electron chi connectivity index (χ4n) is 3.94. The summed E-state index contributed by atoms with van der Waals surface area (Å²) in [6.45, 7) is 0. The molecule has 1 aliphatic heterocycles. The van der Waals surface area contributed by atoms with E-state index in [0.717, 1.165) is 22.2 Å². The van der Waals surface area contributed by atoms with Crippen molar-refractivity contribution in [1.29, 1.82) is 0 Å². The molecule has 3 aromatic carbocycles. The Bertz CT molecular complexity index is 1500. The number of nitrogens with zero attached hydrogens (tertiary/aromatic N) is 2. The Morgan fingerprint density at radius 1 is 1.00 bits per heavy atom. The van der Waals surface area contributed by atoms with Gasteiger partial charge in [0.15, 0.2) is 11.0 Å². The highest BCUT2D eigenvalue weighted by Gasteiger charge is 2.33. The molecule has 5 rings (SSSR count). The Hall–Kier alpha value is -4.30. The fraction of sp³-hybridized carbons (Fsp3) is 0.107. The number of hydrogen-bond donors (Lipinski definition) is 1. The van der Waals surface area contributed by atoms with Gasteiger partial charge in [-0.2, -0.15) is 0 Å². The summed E-state index contributed by atoms with van der Waals surface area (Å²) in [5.74, 6) is 1.15. The largest absolute Gasteiger partial charge is 0.497 e. The van der Waals surface area contributed by atoms with Gasteiger partial charge in [-0.25, -0.2) is 4.99 Å². The number of H-pyrrole nitrogens is 1. The van der Waals surface area contributed by atoms with Crippen molar-refractivity contribution < 1.29 is 19.1 Å². The Kier molecular flexibility index (Phi) is 6.60. The number of thioether (sulfide) groups is 1. The van der Waals surface area contributed by atoms with Crippen LogP contribution in [0.2, 0.25) is 0 Å². The molecular formula is C28H23N3O4S. The number of amides is 1. The van der Waals surface area contributed by atoms with Gasteiger partial charge in [-0.1, -0.05) is 48.2 Å². The van der Waals surface area contributed by atoms with Crippen LogP contribution < -0.4 is 14.4 Å². The molecule has 0 fully saturated rings. The molecule has 0 saturated carbocycles. The zero-order chi connectivity index (χ0) is 25.1. The van der Waals surface area contributed by atoms with E-state index in [4.69, 9.17) is 9.47 Å². The predicted molar refractivity (Wildman–Crippen MR) is 144 cm³/mol. The van der Waals surface area contributed by atoms with Gasteiger partial charge in [0.1, 0.15) is 17.2 Å². The van der Waals surface area contributed by atoms with E-state index < -0.39 is 0 Å². The van der Waals surface area contributed by atoms with Crippen molar-refractivity contribution in [2.45, 2.75) is 0 Å². The third-order valence-corrected chi connectivity index (χ3v) is 6.72. The SMILES string of the molecule is COc1ccc(C=C2N=C(SCC(=O)c3c[nH]c4ccccc34)N(c3cccc(OC)c3)C2=O)cc1. The van der Waals surface area contributed by atoms with Crippen LogP contribution in [0.5, 0.6) is 11.5 Å². The van der Waals surface area contributed by atoms with E-state index >= 15 is 0 Å². The lowest BCUT2D eigenvalue weighted by Gasteiger charge is -2.18. The summed E-state index contributed by atoms with van der Waals surface area (Å²) in [6.07, 6.45) is 3.45. The molecular weight excluding hydrogens is 474 g/mol. The fourth-order valence-corrected chi connectivity index (χ4v) is 4.83. The van der Waals surface area contributed by atoms with Gasteiger partial charge in [-0.3, -0.25) is 14.5 Å². The number of aromatic amines is 1. The van der Waals surface area contributed by atoms with Crippen LogP contribution >= 0.6 is 11.8 Å². The first-order chi connectivity index (χ1) is 17.6. The average molecular weight is 498 g/mol. The zero-order valence-corrected chi connectivity index (χ0v) is 20.5. The Balaban J connectivity index is 1.45. The molecule has 4 aromatic rings. The minimum Gasteiger partial charge on any atom is -0.497 e. The summed E-state index contributed by atoms with van der Waals surface area (Å²) in [7, 11) is 3.18. The molecule has 2 heterocycles. The van der Waals surface area contributed by atoms with Crippen molar-refractivity contribution in [1.82, 2.24) is 4.98 Å². The van der Waals surface area contributed by atoms with Crippen LogP contribution in [-0.2, 0) is 4.79 Å². The molecule has 7 nitrogen and oxygen atoms in total. The first-order valence-corrected chi connectivity index (χ1v) is 12.2. The number of aromatic nitrogens is 1. The molecule has 1 amide bonds. The number of amidine groups is 1. The van der Waals surface area contributed by atoms with Gasteiger partial charge in [0.05, 0.1) is 25.7 Å². The molecule has 0 atom stereocenters. The topological polar surface area (TPSA) is 84.0 Å². The van der Waals surface area contributed by atoms with E-state index in [1.807, 2.05) is 66.7 Å². The van der Waals surface area contributed by atoms with Crippen LogP contribution in [-0.4, -0.2) is 41.8 Å². The molecule has 0 radical (unpaired) electrons. The molecule has 1 aliphatic rings. The lowest BCUT2D eigenvalue weighted by molar-refractivity contribution is -0.113. The minimum atomic E-state index is -0.277. The number of carbonyl (C=O) groups excluding carboxylic acids is 2. The number of rotatable bonds is 7. The molecule has 36 heavy (non-hydrogen) atoms. The van der Waals surface area contributed by atoms with E-state index in [-0.39, 0.29) is 23.1 Å². The van der Waals surface area contributed by atoms with E-state index in [1.54, 1.807) is 32.6 Å². The van der Waals surface area contributed by atoms with Crippen LogP contribution in [0.4, 0.5) is 5.69 Å². The highest BCUT2D eigenvalue weighted by atomic mass is 32.2. The van der Waals surface area contributed by atoms with E-state index in [1.165, 1.54) is 16.7 Å². The molecule has 0 saturated heterocycles. The number of carbonyl (C=O) groups is 2. The van der Waals surface area contributed by atoms with Crippen LogP contribution in [0, 0.1) is 0 Å². The van der Waals surface area contributed by atoms with Gasteiger partial charge < -0.3 is 14.5 Å². The second-order valence-electron chi connectivity index (χ2n) is 8.00. The molecule has 0 aliphatic carbocycles. The second-order valence-corrected chi connectivity index (χ2v) is 8.94. The van der Waals surface area contributed by atoms with E-state index in [2.05, 4.69) is 9.98 Å². The monoisotopic (exact) mass is 497 g/mol. The van der Waals surface area contributed by atoms with E-state index in [0.29, 0.717) is 22.2 Å². The molecule has 180 valence electrons. The maximum Gasteiger partial charge on any atom is 0.283 e. The highest BCUT2D eigenvalue weighted by Crippen LogP contribution is 2.32. The first kappa shape index (κ1) is 23.4. The summed E-state index contributed by atoms with van der Waals surface area (Å²) in [4.78, 5) is 35.8. The van der Waals surface area contributed by atoms with Gasteiger partial charge in [0, 0.05) is 28.7 Å². The molecule has 0 spiro atoms. The maximum absolute atomic E-state index is 13.5. The Morgan fingerprint density at radius 3 is 2.56 bits per heavy atom. The van der Waals surface area contributed by atoms with Crippen molar-refractivity contribution in [3.8, 4) is 11.5 Å². The van der Waals surface area contributed by atoms with Crippen LogP contribution in [0.25, 0.3) is 17.0 Å². The quantitative estimate of drug-likeness (QED) is 0.268. The molecule has 8 heteroatoms. The van der Waals surface area contributed by atoms with Crippen molar-refractivity contribution in [2.75, 3.05) is 24.9 Å². The van der Waals surface area contributed by atoms with Crippen LogP contribution in [0.15, 0.2) is 89.7 Å². The second kappa shape index (κ2) is 10.1. The number of aliphatic imine (C=N–C) groups is 1. The normalized spacial score (nSPS) is 14.4. The standard InChI is InChI=1S/C28H23N3O4S/c1-34-20-12-10-18(11-13-20)14-25-27(33)31(19-6-5-7-21(15-19)35-2)28(30-25)36-17-26(32)23-16-29-24-9-4-3-8-22(23)24/h3-16,29H,17H2,1-2H3. The number of para-hydroxylation sites is 1. The zero-order valence-electron chi connectivity index (χ0n) is 19.7. The van der Waals surface area contributed by atoms with Gasteiger partial charge in [0.2, 0.25) is 0 Å². The van der Waals surface area contributed by atoms with Gasteiger partial charge in [0.25, 0.3) is 5.91 Å². The van der Waals surface area contributed by atoms with Gasteiger partial charge in [-0.05, 0) is 42.0 Å². The number of ketones is 1. The molecule has 0 unspecified atom stereocenters. The number of nitrogens with one attached hydrogen (secondary N) is 1. The molecule has 1 aromatic heterocycles. The van der Waals surface area contributed by atoms with Crippen molar-refractivity contribution >= 4 is 51.3 Å². The number of Topliss-reactive ketones (excluding diaryl/α,β-unsaturated/α-hetero) is 1. The Morgan fingerprint density at radius 2 is 1.78 bits per heavy atom. The number of ether oxygens (including phenoxy) is 2. The summed E-state index contributed by atoms with van der Waals surface area (Å²) in [6, 6.07) is 22.2. The Labute approximate surface area is 212 Å². The first-order valence-electron chi connectivity index (χ1n) is 11.2. The minimum absolute atomic E-state index is 0.0502. The maximum atomic E-state index is 13.5. The van der Waals surface area contributed by atoms with Crippen molar-refractivity contribution in [3.05, 3.63) is 95.8 Å². The van der Waals surface area contributed by atoms with Crippen molar-refractivity contribution in [2.24, 2.45) is 4.99 Å². The van der Waals surface area contributed by atoms with E-state index in [9.17, 15) is 9.59 Å². The number of benzene rings is 3. The molecule has 0 bridgehead atoms. The van der Waals surface area contributed by atoms with Crippen LogP contribution in [0.1, 0.15) is 15.9 Å². The molecule has 1 N–H and O–H groups in total. The summed E-state index contributed by atoms with van der Waals surface area (Å²) in [5, 5.41) is 1.30. The number of hydrogen-bond acceptors (Lipinski definition) is 6. The number of methoxy groups -OCH3 is 2. The van der Waals surface area contributed by atoms with Crippen LogP contribution in [0.3, 0.4) is 0 Å². The lowest BCUT2D eigenvalue weighted by atomic mass is 10.1. The average Bonchev–Trinajstić information content (AvgIpc) is 3.48. The summed E-state index contributed by atoms with van der Waals surface area (Å²) in [5.41, 5.74) is 3.23. The van der Waals surface area contributed by atoms with Gasteiger partial charge >= 0.3 is 0 Å². The smallest absolute Gasteiger partial charge is 0.283 e. The highest BCUT2D eigenvalue weighted by molar-refractivity contribution is 8.14. The number of anilines is 1. The summed E-state index contributed by atoms with van der Waals surface area (Å²) >= 11 is 1.23. The lowest BCUT2D eigenvalue weighted by Crippen LogP contribution is -2.30. The van der Waals surface area contributed by atoms with Gasteiger partial charge in [-0.15, -0.1) is 0 Å². The van der Waals surface area contributed by atoms with Crippen molar-refractivity contribution in [3.63, 3.8) is 0 Å². The third-order valence-electron chi connectivity index (χ3n) is 5.78. The number of fused-ring (bicyclic) bond motifs is 1. The third kappa shape index (κ3) is 4.63. The predicted octanol–water partition coefficient (Wildman–Crippen LogP) is 5.54. The summed E-state index contributed by atoms with van der Waals surface area (Å²) < 4.78 is 10.6.